The lowest BCUT2D eigenvalue weighted by molar-refractivity contribution is -0.138. The Hall–Kier alpha value is -3.23. The molecule has 4 rings (SSSR count). The van der Waals surface area contributed by atoms with Crippen LogP contribution in [0.4, 0.5) is 0 Å². The maximum absolute atomic E-state index is 13.7. The first-order valence-corrected chi connectivity index (χ1v) is 14.4. The Labute approximate surface area is 219 Å². The smallest absolute Gasteiger partial charge is 0.241 e. The highest BCUT2D eigenvalue weighted by Gasteiger charge is 2.30. The summed E-state index contributed by atoms with van der Waals surface area (Å²) in [4.78, 5) is 28.1. The van der Waals surface area contributed by atoms with Crippen molar-refractivity contribution in [2.45, 2.75) is 69.5 Å². The molecular weight excluding hydrogens is 486 g/mol. The van der Waals surface area contributed by atoms with Crippen molar-refractivity contribution < 1.29 is 18.0 Å². The molecule has 0 spiro atoms. The number of hydrogen-bond donors (Lipinski definition) is 2. The molecule has 1 unspecified atom stereocenters. The number of nitrogens with one attached hydrogen (secondary N) is 2. The molecule has 0 aromatic heterocycles. The Morgan fingerprint density at radius 1 is 0.973 bits per heavy atom. The van der Waals surface area contributed by atoms with Crippen LogP contribution in [0.3, 0.4) is 0 Å². The van der Waals surface area contributed by atoms with Crippen molar-refractivity contribution in [3.8, 4) is 0 Å². The van der Waals surface area contributed by atoms with Crippen LogP contribution >= 0.6 is 0 Å². The van der Waals surface area contributed by atoms with Gasteiger partial charge in [-0.1, -0.05) is 79.9 Å². The Kier molecular flexibility index (Phi) is 8.61. The Balaban J connectivity index is 1.53. The van der Waals surface area contributed by atoms with Gasteiger partial charge in [0.2, 0.25) is 21.8 Å². The average molecular weight is 522 g/mol. The fraction of sp³-hybridized carbons (Fsp3) is 0.379. The summed E-state index contributed by atoms with van der Waals surface area (Å²) in [6.45, 7) is 3.83. The summed E-state index contributed by atoms with van der Waals surface area (Å²) in [5.74, 6) is -0.645. The highest BCUT2D eigenvalue weighted by Crippen LogP contribution is 2.20. The van der Waals surface area contributed by atoms with E-state index in [2.05, 4.69) is 10.0 Å². The van der Waals surface area contributed by atoms with Crippen LogP contribution in [0.2, 0.25) is 0 Å². The second kappa shape index (κ2) is 11.9. The molecule has 0 aliphatic heterocycles. The topological polar surface area (TPSA) is 95.6 Å². The van der Waals surface area contributed by atoms with Gasteiger partial charge in [0.25, 0.3) is 0 Å². The van der Waals surface area contributed by atoms with E-state index in [0.717, 1.165) is 47.6 Å². The molecule has 1 saturated carbocycles. The number of carbonyl (C=O) groups is 2. The van der Waals surface area contributed by atoms with Gasteiger partial charge < -0.3 is 10.2 Å². The van der Waals surface area contributed by atoms with Crippen molar-refractivity contribution in [2.24, 2.45) is 0 Å². The molecule has 0 heterocycles. The molecular formula is C29H35N3O4S. The van der Waals surface area contributed by atoms with E-state index in [1.165, 1.54) is 4.90 Å². The third-order valence-electron chi connectivity index (χ3n) is 6.90. The molecule has 2 N–H and O–H groups in total. The number of benzene rings is 3. The average Bonchev–Trinajstić information content (AvgIpc) is 3.40. The van der Waals surface area contributed by atoms with Crippen LogP contribution in [0.5, 0.6) is 0 Å². The number of nitrogens with zero attached hydrogens (tertiary/aromatic N) is 1. The number of sulfonamides is 1. The Bertz CT molecular complexity index is 1350. The van der Waals surface area contributed by atoms with Crippen LogP contribution in [0.1, 0.15) is 50.2 Å². The van der Waals surface area contributed by atoms with Gasteiger partial charge in [0.05, 0.1) is 11.4 Å². The number of fused-ring (bicyclic) bond motifs is 1. The van der Waals surface area contributed by atoms with Gasteiger partial charge in [-0.15, -0.1) is 0 Å². The summed E-state index contributed by atoms with van der Waals surface area (Å²) in [5, 5.41) is 4.77. The third-order valence-corrected chi connectivity index (χ3v) is 8.36. The van der Waals surface area contributed by atoms with Gasteiger partial charge in [0.15, 0.2) is 0 Å². The van der Waals surface area contributed by atoms with Crippen molar-refractivity contribution in [3.63, 3.8) is 0 Å². The first-order chi connectivity index (χ1) is 17.7. The van der Waals surface area contributed by atoms with Crippen molar-refractivity contribution in [2.75, 3.05) is 6.54 Å². The summed E-state index contributed by atoms with van der Waals surface area (Å²) in [5.41, 5.74) is 1.97. The van der Waals surface area contributed by atoms with E-state index in [0.29, 0.717) is 0 Å². The molecule has 3 aromatic rings. The van der Waals surface area contributed by atoms with E-state index in [-0.39, 0.29) is 36.4 Å². The van der Waals surface area contributed by atoms with Gasteiger partial charge in [-0.25, -0.2) is 8.42 Å². The number of carbonyl (C=O) groups excluding carboxylic acids is 2. The van der Waals surface area contributed by atoms with Crippen LogP contribution in [-0.2, 0) is 26.2 Å². The minimum absolute atomic E-state index is 0.0986. The molecule has 3 aromatic carbocycles. The van der Waals surface area contributed by atoms with Gasteiger partial charge in [-0.05, 0) is 54.7 Å². The Morgan fingerprint density at radius 2 is 1.65 bits per heavy atom. The molecule has 1 atom stereocenters. The van der Waals surface area contributed by atoms with Crippen LogP contribution in [0.15, 0.2) is 71.6 Å². The highest BCUT2D eigenvalue weighted by molar-refractivity contribution is 7.89. The molecule has 8 heteroatoms. The van der Waals surface area contributed by atoms with E-state index in [9.17, 15) is 18.0 Å². The van der Waals surface area contributed by atoms with Gasteiger partial charge in [0.1, 0.15) is 6.04 Å². The second-order valence-electron chi connectivity index (χ2n) is 9.82. The standard InChI is InChI=1S/C29H35N3O4S/c1-3-27(31-37(35,36)26-17-16-23-8-4-5-9-24(23)18-26)29(34)32(19-22-14-12-21(2)13-15-22)20-28(33)30-25-10-6-7-11-25/h4-5,8-9,12-18,25,27,31H,3,6-7,10-11,19-20H2,1-2H3,(H,30,33). The maximum Gasteiger partial charge on any atom is 0.241 e. The monoisotopic (exact) mass is 521 g/mol. The summed E-state index contributed by atoms with van der Waals surface area (Å²) >= 11 is 0. The van der Waals surface area contributed by atoms with Crippen molar-refractivity contribution in [1.29, 1.82) is 0 Å². The van der Waals surface area contributed by atoms with Gasteiger partial charge in [-0.2, -0.15) is 4.72 Å². The van der Waals surface area contributed by atoms with E-state index in [1.54, 1.807) is 25.1 Å². The fourth-order valence-electron chi connectivity index (χ4n) is 4.76. The summed E-state index contributed by atoms with van der Waals surface area (Å²) in [7, 11) is -3.97. The number of aryl methyl sites for hydroxylation is 1. The Morgan fingerprint density at radius 3 is 2.32 bits per heavy atom. The van der Waals surface area contributed by atoms with E-state index in [1.807, 2.05) is 55.5 Å². The highest BCUT2D eigenvalue weighted by atomic mass is 32.2. The molecule has 37 heavy (non-hydrogen) atoms. The zero-order valence-corrected chi connectivity index (χ0v) is 22.3. The van der Waals surface area contributed by atoms with Gasteiger partial charge >= 0.3 is 0 Å². The predicted octanol–water partition coefficient (Wildman–Crippen LogP) is 4.29. The molecule has 7 nitrogen and oxygen atoms in total. The molecule has 1 aliphatic carbocycles. The molecule has 0 saturated heterocycles. The lowest BCUT2D eigenvalue weighted by atomic mass is 10.1. The summed E-state index contributed by atoms with van der Waals surface area (Å²) < 4.78 is 29.1. The van der Waals surface area contributed by atoms with Crippen molar-refractivity contribution >= 4 is 32.6 Å². The molecule has 0 radical (unpaired) electrons. The maximum atomic E-state index is 13.7. The lowest BCUT2D eigenvalue weighted by Gasteiger charge is -2.28. The zero-order chi connectivity index (χ0) is 26.4. The predicted molar refractivity (Wildman–Crippen MR) is 145 cm³/mol. The quantitative estimate of drug-likeness (QED) is 0.416. The minimum Gasteiger partial charge on any atom is -0.352 e. The van der Waals surface area contributed by atoms with Crippen LogP contribution < -0.4 is 10.0 Å². The second-order valence-corrected chi connectivity index (χ2v) is 11.5. The number of rotatable bonds is 10. The minimum atomic E-state index is -3.97. The number of hydrogen-bond acceptors (Lipinski definition) is 4. The summed E-state index contributed by atoms with van der Waals surface area (Å²) in [6.07, 6.45) is 4.32. The van der Waals surface area contributed by atoms with Crippen molar-refractivity contribution in [3.05, 3.63) is 77.9 Å². The van der Waals surface area contributed by atoms with Crippen LogP contribution in [-0.4, -0.2) is 43.8 Å². The van der Waals surface area contributed by atoms with Crippen LogP contribution in [0, 0.1) is 6.92 Å². The van der Waals surface area contributed by atoms with Gasteiger partial charge in [0, 0.05) is 12.6 Å². The van der Waals surface area contributed by atoms with E-state index in [4.69, 9.17) is 0 Å². The first kappa shape index (κ1) is 26.8. The van der Waals surface area contributed by atoms with Crippen LogP contribution in [0.25, 0.3) is 10.8 Å². The SMILES string of the molecule is CCC(NS(=O)(=O)c1ccc2ccccc2c1)C(=O)N(CC(=O)NC1CCCC1)Cc1ccc(C)cc1. The normalized spacial score (nSPS) is 15.0. The first-order valence-electron chi connectivity index (χ1n) is 12.9. The lowest BCUT2D eigenvalue weighted by Crippen LogP contribution is -2.51. The number of amides is 2. The zero-order valence-electron chi connectivity index (χ0n) is 21.4. The molecule has 196 valence electrons. The molecule has 2 amide bonds. The third kappa shape index (κ3) is 6.96. The largest absolute Gasteiger partial charge is 0.352 e. The summed E-state index contributed by atoms with van der Waals surface area (Å²) in [6, 6.07) is 19.3. The molecule has 1 fully saturated rings. The molecule has 1 aliphatic rings. The van der Waals surface area contributed by atoms with E-state index < -0.39 is 22.0 Å². The molecule has 0 bridgehead atoms. The fourth-order valence-corrected chi connectivity index (χ4v) is 6.07. The van der Waals surface area contributed by atoms with Gasteiger partial charge in [-0.3, -0.25) is 9.59 Å². The van der Waals surface area contributed by atoms with E-state index >= 15 is 0 Å². The van der Waals surface area contributed by atoms with Crippen molar-refractivity contribution in [1.82, 2.24) is 14.9 Å².